The molecule has 2 amide bonds. The maximum atomic E-state index is 12.9. The van der Waals surface area contributed by atoms with E-state index >= 15 is 0 Å². The number of aryl methyl sites for hydroxylation is 1. The molecule has 0 saturated carbocycles. The molecule has 150 valence electrons. The largest absolute Gasteiger partial charge is 0.329 e. The number of hydrogen-bond acceptors (Lipinski definition) is 4. The molecule has 2 aromatic carbocycles. The summed E-state index contributed by atoms with van der Waals surface area (Å²) in [7, 11) is -3.53. The van der Waals surface area contributed by atoms with Crippen molar-refractivity contribution in [2.24, 2.45) is 0 Å². The smallest absolute Gasteiger partial charge is 0.255 e. The number of carbonyl (C=O) groups is 2. The fourth-order valence-electron chi connectivity index (χ4n) is 3.97. The van der Waals surface area contributed by atoms with Gasteiger partial charge in [-0.25, -0.2) is 8.42 Å². The van der Waals surface area contributed by atoms with Crippen molar-refractivity contribution in [2.75, 3.05) is 0 Å². The quantitative estimate of drug-likeness (QED) is 0.840. The van der Waals surface area contributed by atoms with Crippen molar-refractivity contribution in [2.45, 2.75) is 43.0 Å². The van der Waals surface area contributed by atoms with Crippen molar-refractivity contribution in [3.05, 3.63) is 77.0 Å². The number of carbonyl (C=O) groups excluding carboxylic acids is 2. The molecule has 7 heteroatoms. The molecule has 1 unspecified atom stereocenters. The van der Waals surface area contributed by atoms with Gasteiger partial charge in [0.05, 0.1) is 10.6 Å². The Morgan fingerprint density at radius 1 is 1.17 bits per heavy atom. The van der Waals surface area contributed by atoms with Crippen molar-refractivity contribution in [1.82, 2.24) is 10.2 Å². The van der Waals surface area contributed by atoms with Crippen molar-refractivity contribution >= 4 is 21.7 Å². The van der Waals surface area contributed by atoms with Crippen molar-refractivity contribution in [1.29, 1.82) is 0 Å². The van der Waals surface area contributed by atoms with Gasteiger partial charge in [-0.2, -0.15) is 0 Å². The Bertz CT molecular complexity index is 1140. The van der Waals surface area contributed by atoms with Gasteiger partial charge in [-0.3, -0.25) is 9.59 Å². The number of allylic oxidation sites excluding steroid dienone is 1. The Morgan fingerprint density at radius 2 is 1.93 bits per heavy atom. The van der Waals surface area contributed by atoms with E-state index in [9.17, 15) is 18.0 Å². The number of benzene rings is 2. The van der Waals surface area contributed by atoms with E-state index in [2.05, 4.69) is 11.9 Å². The van der Waals surface area contributed by atoms with E-state index in [0.29, 0.717) is 46.7 Å². The fraction of sp³-hybridized carbons (Fsp3) is 0.273. The van der Waals surface area contributed by atoms with Gasteiger partial charge in [0, 0.05) is 17.8 Å². The van der Waals surface area contributed by atoms with Gasteiger partial charge in [0.2, 0.25) is 5.91 Å². The first-order valence-corrected chi connectivity index (χ1v) is 11.1. The van der Waals surface area contributed by atoms with Gasteiger partial charge >= 0.3 is 0 Å². The molecule has 0 radical (unpaired) electrons. The molecular formula is C22H22N2O4S. The molecule has 0 bridgehead atoms. The first-order valence-electron chi connectivity index (χ1n) is 9.46. The highest BCUT2D eigenvalue weighted by Gasteiger charge is 2.38. The van der Waals surface area contributed by atoms with E-state index in [1.165, 1.54) is 0 Å². The highest BCUT2D eigenvalue weighted by Crippen LogP contribution is 2.30. The zero-order valence-corrected chi connectivity index (χ0v) is 17.0. The van der Waals surface area contributed by atoms with E-state index in [1.807, 2.05) is 0 Å². The summed E-state index contributed by atoms with van der Waals surface area (Å²) < 4.78 is 25.7. The van der Waals surface area contributed by atoms with Crippen LogP contribution >= 0.6 is 0 Å². The maximum absolute atomic E-state index is 12.9. The molecule has 6 nitrogen and oxygen atoms in total. The predicted molar refractivity (Wildman–Crippen MR) is 109 cm³/mol. The number of amides is 2. The van der Waals surface area contributed by atoms with E-state index in [1.54, 1.807) is 54.3 Å². The van der Waals surface area contributed by atoms with Crippen LogP contribution in [0.5, 0.6) is 0 Å². The lowest BCUT2D eigenvalue weighted by molar-refractivity contribution is -0.126. The van der Waals surface area contributed by atoms with Gasteiger partial charge in [-0.15, -0.1) is 0 Å². The van der Waals surface area contributed by atoms with Gasteiger partial charge in [-0.05, 0) is 48.6 Å². The molecule has 29 heavy (non-hydrogen) atoms. The Labute approximate surface area is 170 Å². The van der Waals surface area contributed by atoms with Crippen LogP contribution in [0.15, 0.2) is 59.6 Å². The standard InChI is InChI=1S/C22H22N2O4S/c1-14-5-3-4-6-20(14)29(27,28)13-16-8-9-17-12-24(22(26)18(17)11-16)19-10-7-15(2)23-21(19)25/h3-6,8-9,11,19H,2,7,10,12-13H2,1H3,(H,23,25). The third-order valence-electron chi connectivity index (χ3n) is 5.49. The van der Waals surface area contributed by atoms with Gasteiger partial charge in [0.25, 0.3) is 5.91 Å². The van der Waals surface area contributed by atoms with Crippen molar-refractivity contribution in [3.8, 4) is 0 Å². The number of fused-ring (bicyclic) bond motifs is 1. The summed E-state index contributed by atoms with van der Waals surface area (Å²) in [6, 6.07) is 11.5. The Morgan fingerprint density at radius 3 is 2.66 bits per heavy atom. The SMILES string of the molecule is C=C1CCC(N2Cc3ccc(CS(=O)(=O)c4ccccc4C)cc3C2=O)C(=O)N1. The van der Waals surface area contributed by atoms with Crippen LogP contribution < -0.4 is 5.32 Å². The van der Waals surface area contributed by atoms with E-state index < -0.39 is 15.9 Å². The van der Waals surface area contributed by atoms with Gasteiger partial charge in [-0.1, -0.05) is 36.9 Å². The average Bonchev–Trinajstić information content (AvgIpc) is 2.98. The maximum Gasteiger partial charge on any atom is 0.255 e. The third kappa shape index (κ3) is 3.58. The predicted octanol–water partition coefficient (Wildman–Crippen LogP) is 2.72. The molecule has 2 aliphatic heterocycles. The second-order valence-electron chi connectivity index (χ2n) is 7.60. The van der Waals surface area contributed by atoms with Gasteiger partial charge < -0.3 is 10.2 Å². The molecule has 1 atom stereocenters. The van der Waals surface area contributed by atoms with E-state index in [-0.39, 0.29) is 17.6 Å². The van der Waals surface area contributed by atoms with Crippen LogP contribution in [0.1, 0.15) is 39.9 Å². The Kier molecular flexibility index (Phi) is 4.78. The molecule has 2 aromatic rings. The lowest BCUT2D eigenvalue weighted by Gasteiger charge is -2.30. The van der Waals surface area contributed by atoms with Gasteiger partial charge in [0.1, 0.15) is 6.04 Å². The number of nitrogens with one attached hydrogen (secondary N) is 1. The summed E-state index contributed by atoms with van der Waals surface area (Å²) in [6.45, 7) is 5.88. The highest BCUT2D eigenvalue weighted by molar-refractivity contribution is 7.90. The summed E-state index contributed by atoms with van der Waals surface area (Å²) in [5.74, 6) is -0.630. The van der Waals surface area contributed by atoms with Crippen LogP contribution in [0, 0.1) is 6.92 Å². The second-order valence-corrected chi connectivity index (χ2v) is 9.55. The molecule has 0 aliphatic carbocycles. The average molecular weight is 410 g/mol. The van der Waals surface area contributed by atoms with Crippen molar-refractivity contribution < 1.29 is 18.0 Å². The molecule has 1 N–H and O–H groups in total. The summed E-state index contributed by atoms with van der Waals surface area (Å²) >= 11 is 0. The van der Waals surface area contributed by atoms with Crippen LogP contribution in [0.3, 0.4) is 0 Å². The molecular weight excluding hydrogens is 388 g/mol. The Balaban J connectivity index is 1.58. The number of nitrogens with zero attached hydrogens (tertiary/aromatic N) is 1. The number of hydrogen-bond donors (Lipinski definition) is 1. The monoisotopic (exact) mass is 410 g/mol. The summed E-state index contributed by atoms with van der Waals surface area (Å²) in [6.07, 6.45) is 1.18. The van der Waals surface area contributed by atoms with Crippen LogP contribution in [-0.4, -0.2) is 31.2 Å². The molecule has 4 rings (SSSR count). The lowest BCUT2D eigenvalue weighted by atomic mass is 10.0. The molecule has 1 fully saturated rings. The van der Waals surface area contributed by atoms with E-state index in [0.717, 1.165) is 5.56 Å². The first kappa shape index (κ1) is 19.4. The van der Waals surface area contributed by atoms with E-state index in [4.69, 9.17) is 0 Å². The zero-order chi connectivity index (χ0) is 20.8. The van der Waals surface area contributed by atoms with Crippen LogP contribution in [0.2, 0.25) is 0 Å². The number of sulfone groups is 1. The van der Waals surface area contributed by atoms with Crippen LogP contribution in [-0.2, 0) is 26.9 Å². The van der Waals surface area contributed by atoms with Crippen LogP contribution in [0.25, 0.3) is 0 Å². The topological polar surface area (TPSA) is 83.6 Å². The minimum absolute atomic E-state index is 0.178. The molecule has 0 spiro atoms. The molecule has 1 saturated heterocycles. The highest BCUT2D eigenvalue weighted by atomic mass is 32.2. The second kappa shape index (κ2) is 7.15. The van der Waals surface area contributed by atoms with Crippen LogP contribution in [0.4, 0.5) is 0 Å². The zero-order valence-electron chi connectivity index (χ0n) is 16.1. The minimum Gasteiger partial charge on any atom is -0.329 e. The molecule has 0 aromatic heterocycles. The molecule has 2 aliphatic rings. The lowest BCUT2D eigenvalue weighted by Crippen LogP contribution is -2.49. The fourth-order valence-corrected chi connectivity index (χ4v) is 5.59. The van der Waals surface area contributed by atoms with Crippen molar-refractivity contribution in [3.63, 3.8) is 0 Å². The summed E-state index contributed by atoms with van der Waals surface area (Å²) in [5, 5.41) is 2.71. The molecule has 2 heterocycles. The first-order chi connectivity index (χ1) is 13.8. The summed E-state index contributed by atoms with van der Waals surface area (Å²) in [5.41, 5.74) is 3.20. The van der Waals surface area contributed by atoms with Gasteiger partial charge in [0.15, 0.2) is 9.84 Å². The number of piperidine rings is 1. The number of rotatable bonds is 4. The summed E-state index contributed by atoms with van der Waals surface area (Å²) in [4.78, 5) is 27.1. The normalized spacial score (nSPS) is 19.3. The minimum atomic E-state index is -3.53. The Hall–Kier alpha value is -2.93. The third-order valence-corrected chi connectivity index (χ3v) is 7.33.